The van der Waals surface area contributed by atoms with Crippen LogP contribution < -0.4 is 10.6 Å². The minimum absolute atomic E-state index is 0.458. The zero-order chi connectivity index (χ0) is 13.9. The summed E-state index contributed by atoms with van der Waals surface area (Å²) >= 11 is 5.80. The van der Waals surface area contributed by atoms with Crippen LogP contribution in [0.3, 0.4) is 0 Å². The predicted molar refractivity (Wildman–Crippen MR) is 79.9 cm³/mol. The zero-order valence-corrected chi connectivity index (χ0v) is 12.0. The number of hydrogen-bond acceptors (Lipinski definition) is 5. The minimum atomic E-state index is 0.458. The average Bonchev–Trinajstić information content (AvgIpc) is 2.93. The van der Waals surface area contributed by atoms with Crippen LogP contribution in [-0.2, 0) is 0 Å². The van der Waals surface area contributed by atoms with Crippen LogP contribution in [0.25, 0.3) is 11.4 Å². The molecule has 0 saturated carbocycles. The quantitative estimate of drug-likeness (QED) is 0.908. The van der Waals surface area contributed by atoms with Crippen molar-refractivity contribution in [3.8, 4) is 11.4 Å². The fraction of sp³-hybridized carbons (Fsp3) is 0.357. The second kappa shape index (κ2) is 5.73. The number of nitrogens with zero attached hydrogens (tertiary/aromatic N) is 3. The van der Waals surface area contributed by atoms with Gasteiger partial charge in [0, 0.05) is 30.5 Å². The van der Waals surface area contributed by atoms with Crippen molar-refractivity contribution in [2.75, 3.05) is 18.4 Å². The number of halogens is 1. The molecule has 0 amide bonds. The summed E-state index contributed by atoms with van der Waals surface area (Å²) in [5.74, 6) is 1.54. The van der Waals surface area contributed by atoms with Gasteiger partial charge in [0.25, 0.3) is 0 Å². The van der Waals surface area contributed by atoms with E-state index in [1.165, 1.54) is 0 Å². The number of aryl methyl sites for hydroxylation is 1. The van der Waals surface area contributed by atoms with Gasteiger partial charge in [-0.1, -0.05) is 11.6 Å². The van der Waals surface area contributed by atoms with Crippen LogP contribution >= 0.6 is 11.6 Å². The summed E-state index contributed by atoms with van der Waals surface area (Å²) in [5.41, 5.74) is 1.83. The van der Waals surface area contributed by atoms with Gasteiger partial charge in [-0.05, 0) is 32.0 Å². The van der Waals surface area contributed by atoms with Crippen molar-refractivity contribution in [3.05, 3.63) is 35.2 Å². The van der Waals surface area contributed by atoms with Gasteiger partial charge in [0.1, 0.15) is 5.82 Å². The van der Waals surface area contributed by atoms with Crippen molar-refractivity contribution in [2.45, 2.75) is 19.4 Å². The molecule has 0 unspecified atom stereocenters. The Kier molecular flexibility index (Phi) is 3.80. The summed E-state index contributed by atoms with van der Waals surface area (Å²) < 4.78 is 0. The number of aromatic nitrogens is 3. The van der Waals surface area contributed by atoms with Gasteiger partial charge in [-0.2, -0.15) is 0 Å². The van der Waals surface area contributed by atoms with Gasteiger partial charge in [-0.3, -0.25) is 0 Å². The smallest absolute Gasteiger partial charge is 0.161 e. The molecule has 2 aromatic heterocycles. The number of hydrogen-bond donors (Lipinski definition) is 2. The van der Waals surface area contributed by atoms with E-state index in [1.54, 1.807) is 12.4 Å². The lowest BCUT2D eigenvalue weighted by Gasteiger charge is -2.13. The van der Waals surface area contributed by atoms with Crippen molar-refractivity contribution in [3.63, 3.8) is 0 Å². The molecule has 3 rings (SSSR count). The molecule has 1 aliphatic rings. The first-order valence-electron chi connectivity index (χ1n) is 6.65. The van der Waals surface area contributed by atoms with Gasteiger partial charge in [-0.15, -0.1) is 0 Å². The third-order valence-electron chi connectivity index (χ3n) is 3.36. The summed E-state index contributed by atoms with van der Waals surface area (Å²) in [7, 11) is 0. The summed E-state index contributed by atoms with van der Waals surface area (Å²) in [5, 5.41) is 7.29. The standard InChI is InChI=1S/C14H16ClN5/c1-9-12(14-17-6-10(15)7-18-14)2-3-13(19-9)20-11-4-5-16-8-11/h2-3,6-7,11,16H,4-5,8H2,1H3,(H,19,20)/t11-/m0/s1. The highest BCUT2D eigenvalue weighted by Gasteiger charge is 2.15. The van der Waals surface area contributed by atoms with Gasteiger partial charge in [-0.25, -0.2) is 15.0 Å². The predicted octanol–water partition coefficient (Wildman–Crippen LogP) is 2.27. The van der Waals surface area contributed by atoms with Crippen LogP contribution in [0.5, 0.6) is 0 Å². The Morgan fingerprint density at radius 3 is 2.75 bits per heavy atom. The highest BCUT2D eigenvalue weighted by atomic mass is 35.5. The fourth-order valence-corrected chi connectivity index (χ4v) is 2.41. The first-order chi connectivity index (χ1) is 9.72. The summed E-state index contributed by atoms with van der Waals surface area (Å²) in [6.07, 6.45) is 4.32. The first kappa shape index (κ1) is 13.3. The molecule has 1 saturated heterocycles. The van der Waals surface area contributed by atoms with Crippen LogP contribution in [0.15, 0.2) is 24.5 Å². The Bertz CT molecular complexity index is 593. The summed E-state index contributed by atoms with van der Waals surface area (Å²) in [6.45, 7) is 4.02. The number of pyridine rings is 1. The van der Waals surface area contributed by atoms with E-state index in [4.69, 9.17) is 11.6 Å². The van der Waals surface area contributed by atoms with E-state index in [9.17, 15) is 0 Å². The van der Waals surface area contributed by atoms with E-state index in [-0.39, 0.29) is 0 Å². The molecule has 1 atom stereocenters. The van der Waals surface area contributed by atoms with E-state index < -0.39 is 0 Å². The minimum Gasteiger partial charge on any atom is -0.366 e. The van der Waals surface area contributed by atoms with Crippen LogP contribution in [0.4, 0.5) is 5.82 Å². The fourth-order valence-electron chi connectivity index (χ4n) is 2.32. The molecule has 0 aliphatic carbocycles. The molecule has 104 valence electrons. The van der Waals surface area contributed by atoms with Crippen molar-refractivity contribution >= 4 is 17.4 Å². The van der Waals surface area contributed by atoms with Crippen LogP contribution in [0.1, 0.15) is 12.1 Å². The van der Waals surface area contributed by atoms with Gasteiger partial charge in [0.05, 0.1) is 10.7 Å². The molecule has 1 fully saturated rings. The molecule has 0 aromatic carbocycles. The van der Waals surface area contributed by atoms with Crippen LogP contribution in [0.2, 0.25) is 5.02 Å². The molecule has 1 aliphatic heterocycles. The maximum absolute atomic E-state index is 5.80. The normalized spacial score (nSPS) is 18.2. The zero-order valence-electron chi connectivity index (χ0n) is 11.2. The van der Waals surface area contributed by atoms with E-state index in [2.05, 4.69) is 25.6 Å². The second-order valence-electron chi connectivity index (χ2n) is 4.89. The SMILES string of the molecule is Cc1nc(N[C@H]2CCNC2)ccc1-c1ncc(Cl)cn1. The Balaban J connectivity index is 1.81. The van der Waals surface area contributed by atoms with E-state index in [0.29, 0.717) is 16.9 Å². The van der Waals surface area contributed by atoms with E-state index in [1.807, 2.05) is 19.1 Å². The molecule has 3 heterocycles. The highest BCUT2D eigenvalue weighted by Crippen LogP contribution is 2.21. The van der Waals surface area contributed by atoms with Crippen molar-refractivity contribution in [1.82, 2.24) is 20.3 Å². The molecule has 2 aromatic rings. The molecule has 5 nitrogen and oxygen atoms in total. The van der Waals surface area contributed by atoms with Gasteiger partial charge >= 0.3 is 0 Å². The third-order valence-corrected chi connectivity index (χ3v) is 3.55. The molecule has 0 radical (unpaired) electrons. The summed E-state index contributed by atoms with van der Waals surface area (Å²) in [6, 6.07) is 4.43. The van der Waals surface area contributed by atoms with Gasteiger partial charge < -0.3 is 10.6 Å². The monoisotopic (exact) mass is 289 g/mol. The number of nitrogens with one attached hydrogen (secondary N) is 2. The molecular weight excluding hydrogens is 274 g/mol. The van der Waals surface area contributed by atoms with E-state index >= 15 is 0 Å². The third kappa shape index (κ3) is 2.89. The Labute approximate surface area is 122 Å². The Morgan fingerprint density at radius 2 is 2.10 bits per heavy atom. The van der Waals surface area contributed by atoms with Gasteiger partial charge in [0.15, 0.2) is 5.82 Å². The largest absolute Gasteiger partial charge is 0.366 e. The molecule has 6 heteroatoms. The van der Waals surface area contributed by atoms with Crippen LogP contribution in [-0.4, -0.2) is 34.1 Å². The topological polar surface area (TPSA) is 62.7 Å². The Hall–Kier alpha value is -1.72. The highest BCUT2D eigenvalue weighted by molar-refractivity contribution is 6.30. The second-order valence-corrected chi connectivity index (χ2v) is 5.32. The molecule has 2 N–H and O–H groups in total. The number of anilines is 1. The lowest BCUT2D eigenvalue weighted by atomic mass is 10.2. The van der Waals surface area contributed by atoms with Crippen LogP contribution in [0, 0.1) is 6.92 Å². The first-order valence-corrected chi connectivity index (χ1v) is 7.03. The molecule has 0 bridgehead atoms. The molecule has 0 spiro atoms. The lowest BCUT2D eigenvalue weighted by Crippen LogP contribution is -2.22. The maximum atomic E-state index is 5.80. The van der Waals surface area contributed by atoms with Crippen molar-refractivity contribution in [2.24, 2.45) is 0 Å². The maximum Gasteiger partial charge on any atom is 0.161 e. The van der Waals surface area contributed by atoms with Gasteiger partial charge in [0.2, 0.25) is 0 Å². The van der Waals surface area contributed by atoms with Crippen molar-refractivity contribution in [1.29, 1.82) is 0 Å². The Morgan fingerprint density at radius 1 is 1.30 bits per heavy atom. The average molecular weight is 290 g/mol. The number of rotatable bonds is 3. The van der Waals surface area contributed by atoms with Crippen molar-refractivity contribution < 1.29 is 0 Å². The van der Waals surface area contributed by atoms with E-state index in [0.717, 1.165) is 36.6 Å². The summed E-state index contributed by atoms with van der Waals surface area (Å²) in [4.78, 5) is 13.0. The lowest BCUT2D eigenvalue weighted by molar-refractivity contribution is 0.787. The molecule has 20 heavy (non-hydrogen) atoms. The molecular formula is C14H16ClN5.